The van der Waals surface area contributed by atoms with E-state index in [1.165, 1.54) is 4.90 Å². The maximum atomic E-state index is 12.1. The van der Waals surface area contributed by atoms with Crippen LogP contribution in [0.25, 0.3) is 0 Å². The standard InChI is InChI=1S/C21H34N4O9/c1-22-20(34)14-2-4-15(5-3-14)21(25(10-18(30)31)11-19(32)33)12-23(8-16(26)27)6-7-24(13-21)9-17(28)29/h14-15H,2-13H2,1H3,(H,22,34)(H,26,27)(H,28,29)(H,30,31)(H,32,33). The minimum absolute atomic E-state index is 0.0747. The van der Waals surface area contributed by atoms with E-state index in [1.807, 2.05) is 0 Å². The Morgan fingerprint density at radius 3 is 1.59 bits per heavy atom. The molecule has 0 aromatic rings. The van der Waals surface area contributed by atoms with Gasteiger partial charge in [0.1, 0.15) is 0 Å². The number of carbonyl (C=O) groups is 5. The van der Waals surface area contributed by atoms with Gasteiger partial charge in [-0.2, -0.15) is 0 Å². The topological polar surface area (TPSA) is 188 Å². The van der Waals surface area contributed by atoms with Crippen LogP contribution in [0.3, 0.4) is 0 Å². The lowest BCUT2D eigenvalue weighted by molar-refractivity contribution is -0.150. The number of carboxylic acid groups (broad SMARTS) is 4. The molecule has 1 saturated heterocycles. The number of rotatable bonds is 11. The molecular formula is C21H34N4O9. The van der Waals surface area contributed by atoms with E-state index in [0.29, 0.717) is 25.7 Å². The number of carboxylic acids is 4. The molecule has 1 amide bonds. The van der Waals surface area contributed by atoms with Gasteiger partial charge in [0.15, 0.2) is 0 Å². The summed E-state index contributed by atoms with van der Waals surface area (Å²) in [5.74, 6) is -5.24. The Morgan fingerprint density at radius 2 is 1.24 bits per heavy atom. The van der Waals surface area contributed by atoms with Crippen LogP contribution in [-0.2, 0) is 24.0 Å². The van der Waals surface area contributed by atoms with Crippen LogP contribution in [0.1, 0.15) is 25.7 Å². The van der Waals surface area contributed by atoms with Crippen molar-refractivity contribution in [3.8, 4) is 0 Å². The van der Waals surface area contributed by atoms with Crippen LogP contribution in [0.4, 0.5) is 0 Å². The summed E-state index contributed by atoms with van der Waals surface area (Å²) in [7, 11) is 1.55. The van der Waals surface area contributed by atoms with Crippen molar-refractivity contribution >= 4 is 29.8 Å². The van der Waals surface area contributed by atoms with Crippen LogP contribution in [0.5, 0.6) is 0 Å². The van der Waals surface area contributed by atoms with Crippen molar-refractivity contribution in [2.75, 3.05) is 59.4 Å². The third-order valence-corrected chi connectivity index (χ3v) is 6.83. The highest BCUT2D eigenvalue weighted by molar-refractivity contribution is 5.78. The average Bonchev–Trinajstić information content (AvgIpc) is 2.91. The summed E-state index contributed by atoms with van der Waals surface area (Å²) >= 11 is 0. The number of nitrogens with zero attached hydrogens (tertiary/aromatic N) is 3. The summed E-state index contributed by atoms with van der Waals surface area (Å²) in [5.41, 5.74) is -1.13. The van der Waals surface area contributed by atoms with Crippen LogP contribution in [0, 0.1) is 11.8 Å². The van der Waals surface area contributed by atoms with E-state index in [1.54, 1.807) is 16.8 Å². The van der Waals surface area contributed by atoms with Crippen LogP contribution in [-0.4, -0.2) is 130 Å². The number of aliphatic carboxylic acids is 4. The van der Waals surface area contributed by atoms with E-state index in [4.69, 9.17) is 0 Å². The van der Waals surface area contributed by atoms with E-state index in [0.717, 1.165) is 0 Å². The number of amides is 1. The van der Waals surface area contributed by atoms with Crippen molar-refractivity contribution in [2.24, 2.45) is 11.8 Å². The number of nitrogens with one attached hydrogen (secondary N) is 1. The van der Waals surface area contributed by atoms with Crippen LogP contribution >= 0.6 is 0 Å². The van der Waals surface area contributed by atoms with Crippen molar-refractivity contribution in [3.05, 3.63) is 0 Å². The van der Waals surface area contributed by atoms with Crippen molar-refractivity contribution in [2.45, 2.75) is 31.2 Å². The van der Waals surface area contributed by atoms with E-state index < -0.39 is 42.5 Å². The van der Waals surface area contributed by atoms with Gasteiger partial charge in [-0.1, -0.05) is 0 Å². The second kappa shape index (κ2) is 12.1. The van der Waals surface area contributed by atoms with Crippen molar-refractivity contribution < 1.29 is 44.4 Å². The Bertz CT molecular complexity index is 740. The molecule has 0 atom stereocenters. The zero-order valence-electron chi connectivity index (χ0n) is 19.3. The Labute approximate surface area is 197 Å². The molecule has 1 aliphatic carbocycles. The Hall–Kier alpha value is -2.77. The number of hydrogen-bond acceptors (Lipinski definition) is 8. The zero-order valence-corrected chi connectivity index (χ0v) is 19.3. The van der Waals surface area contributed by atoms with Gasteiger partial charge < -0.3 is 25.7 Å². The molecule has 0 radical (unpaired) electrons. The molecule has 1 heterocycles. The van der Waals surface area contributed by atoms with Crippen molar-refractivity contribution in [3.63, 3.8) is 0 Å². The lowest BCUT2D eigenvalue weighted by Gasteiger charge is -2.51. The van der Waals surface area contributed by atoms with Crippen LogP contribution in [0.2, 0.25) is 0 Å². The van der Waals surface area contributed by atoms with Crippen molar-refractivity contribution in [1.82, 2.24) is 20.0 Å². The molecule has 192 valence electrons. The van der Waals surface area contributed by atoms with Crippen LogP contribution < -0.4 is 5.32 Å². The summed E-state index contributed by atoms with van der Waals surface area (Å²) in [4.78, 5) is 63.2. The molecule has 13 nitrogen and oxygen atoms in total. The Morgan fingerprint density at radius 1 is 0.794 bits per heavy atom. The summed E-state index contributed by atoms with van der Waals surface area (Å²) in [6.07, 6.45) is 2.02. The molecule has 34 heavy (non-hydrogen) atoms. The van der Waals surface area contributed by atoms with Gasteiger partial charge in [0.2, 0.25) is 5.91 Å². The fourth-order valence-electron chi connectivity index (χ4n) is 5.43. The first-order chi connectivity index (χ1) is 16.0. The summed E-state index contributed by atoms with van der Waals surface area (Å²) < 4.78 is 0. The Kier molecular flexibility index (Phi) is 9.77. The fraction of sp³-hybridized carbons (Fsp3) is 0.762. The maximum Gasteiger partial charge on any atom is 0.317 e. The fourth-order valence-corrected chi connectivity index (χ4v) is 5.43. The largest absolute Gasteiger partial charge is 0.480 e. The van der Waals surface area contributed by atoms with Gasteiger partial charge in [-0.05, 0) is 31.6 Å². The third kappa shape index (κ3) is 7.37. The van der Waals surface area contributed by atoms with E-state index in [2.05, 4.69) is 5.32 Å². The van der Waals surface area contributed by atoms with Gasteiger partial charge in [-0.15, -0.1) is 0 Å². The molecule has 5 N–H and O–H groups in total. The molecule has 0 bridgehead atoms. The van der Waals surface area contributed by atoms with E-state index in [9.17, 15) is 44.4 Å². The molecule has 2 aliphatic rings. The first-order valence-corrected chi connectivity index (χ1v) is 11.3. The monoisotopic (exact) mass is 486 g/mol. The van der Waals surface area contributed by atoms with Gasteiger partial charge >= 0.3 is 23.9 Å². The molecule has 1 saturated carbocycles. The lowest BCUT2D eigenvalue weighted by Crippen LogP contribution is -2.66. The molecule has 0 aromatic carbocycles. The Balaban J connectivity index is 2.52. The summed E-state index contributed by atoms with van der Waals surface area (Å²) in [6, 6.07) is 0. The normalized spacial score (nSPS) is 23.7. The number of hydrogen-bond donors (Lipinski definition) is 5. The molecule has 2 rings (SSSR count). The van der Waals surface area contributed by atoms with Crippen LogP contribution in [0.15, 0.2) is 0 Å². The summed E-state index contributed by atoms with van der Waals surface area (Å²) in [6.45, 7) is -1.25. The second-order valence-corrected chi connectivity index (χ2v) is 9.12. The minimum Gasteiger partial charge on any atom is -0.480 e. The number of carbonyl (C=O) groups excluding carboxylic acids is 1. The van der Waals surface area contributed by atoms with Gasteiger partial charge in [-0.25, -0.2) is 0 Å². The predicted octanol–water partition coefficient (Wildman–Crippen LogP) is -1.46. The highest BCUT2D eigenvalue weighted by Crippen LogP contribution is 2.41. The van der Waals surface area contributed by atoms with E-state index >= 15 is 0 Å². The minimum atomic E-state index is -1.24. The third-order valence-electron chi connectivity index (χ3n) is 6.83. The lowest BCUT2D eigenvalue weighted by atomic mass is 9.69. The molecule has 0 aromatic heterocycles. The molecule has 1 aliphatic heterocycles. The quantitative estimate of drug-likeness (QED) is 0.229. The molecule has 2 fully saturated rings. The molecule has 0 spiro atoms. The van der Waals surface area contributed by atoms with Gasteiger partial charge in [0, 0.05) is 39.1 Å². The SMILES string of the molecule is CNC(=O)C1CCC(C2(N(CC(=O)O)CC(=O)O)CN(CC(=O)O)CCN(CC(=O)O)C2)CC1. The highest BCUT2D eigenvalue weighted by atomic mass is 16.4. The molecule has 13 heteroatoms. The smallest absolute Gasteiger partial charge is 0.317 e. The van der Waals surface area contributed by atoms with Crippen molar-refractivity contribution in [1.29, 1.82) is 0 Å². The predicted molar refractivity (Wildman–Crippen MR) is 117 cm³/mol. The first-order valence-electron chi connectivity index (χ1n) is 11.3. The van der Waals surface area contributed by atoms with Gasteiger partial charge in [-0.3, -0.25) is 38.7 Å². The zero-order chi connectivity index (χ0) is 25.5. The highest BCUT2D eigenvalue weighted by Gasteiger charge is 2.50. The molecule has 0 unspecified atom stereocenters. The first kappa shape index (κ1) is 27.5. The van der Waals surface area contributed by atoms with E-state index in [-0.39, 0.29) is 57.0 Å². The summed E-state index contributed by atoms with van der Waals surface area (Å²) in [5, 5.41) is 40.6. The molecular weight excluding hydrogens is 452 g/mol. The average molecular weight is 487 g/mol. The van der Waals surface area contributed by atoms with Gasteiger partial charge in [0.25, 0.3) is 0 Å². The second-order valence-electron chi connectivity index (χ2n) is 9.12. The maximum absolute atomic E-state index is 12.1. The van der Waals surface area contributed by atoms with Gasteiger partial charge in [0.05, 0.1) is 31.7 Å².